The minimum absolute atomic E-state index is 0.278. The summed E-state index contributed by atoms with van der Waals surface area (Å²) in [6, 6.07) is 1.56. The summed E-state index contributed by atoms with van der Waals surface area (Å²) >= 11 is 0. The molecular formula is C7H12FN3. The van der Waals surface area contributed by atoms with Gasteiger partial charge in [0.25, 0.3) is 0 Å². The molecule has 0 aliphatic carbocycles. The largest absolute Gasteiger partial charge is 0.309 e. The third-order valence-electron chi connectivity index (χ3n) is 1.59. The molecule has 1 heterocycles. The minimum Gasteiger partial charge on any atom is -0.309 e. The second-order valence-electron chi connectivity index (χ2n) is 2.47. The van der Waals surface area contributed by atoms with E-state index < -0.39 is 6.67 Å². The fourth-order valence-corrected chi connectivity index (χ4v) is 0.922. The molecule has 4 heteroatoms. The predicted molar refractivity (Wildman–Crippen MR) is 41.1 cm³/mol. The molecule has 2 N–H and O–H groups in total. The number of nitrogens with zero attached hydrogens (tertiary/aromatic N) is 1. The Bertz CT molecular complexity index is 217. The second kappa shape index (κ2) is 3.48. The molecule has 0 aromatic carbocycles. The van der Waals surface area contributed by atoms with E-state index in [1.54, 1.807) is 7.05 Å². The van der Waals surface area contributed by atoms with Crippen LogP contribution in [0.25, 0.3) is 0 Å². The lowest BCUT2D eigenvalue weighted by Gasteiger charge is -2.06. The van der Waals surface area contributed by atoms with Crippen molar-refractivity contribution in [1.29, 1.82) is 0 Å². The summed E-state index contributed by atoms with van der Waals surface area (Å²) in [7, 11) is 1.72. The molecule has 1 unspecified atom stereocenters. The van der Waals surface area contributed by atoms with Gasteiger partial charge in [-0.1, -0.05) is 0 Å². The minimum atomic E-state index is -0.430. The van der Waals surface area contributed by atoms with Crippen LogP contribution < -0.4 is 5.32 Å². The van der Waals surface area contributed by atoms with Gasteiger partial charge in [0.15, 0.2) is 0 Å². The van der Waals surface area contributed by atoms with Crippen LogP contribution >= 0.6 is 0 Å². The smallest absolute Gasteiger partial charge is 0.110 e. The lowest BCUT2D eigenvalue weighted by Crippen LogP contribution is -2.18. The Labute approximate surface area is 65.0 Å². The molecule has 1 rings (SSSR count). The van der Waals surface area contributed by atoms with E-state index in [1.807, 2.05) is 13.0 Å². The van der Waals surface area contributed by atoms with Gasteiger partial charge in [0, 0.05) is 5.69 Å². The molecule has 3 nitrogen and oxygen atoms in total. The van der Waals surface area contributed by atoms with Crippen molar-refractivity contribution in [3.63, 3.8) is 0 Å². The van der Waals surface area contributed by atoms with Crippen LogP contribution in [0.4, 0.5) is 4.39 Å². The molecule has 0 fully saturated rings. The van der Waals surface area contributed by atoms with Crippen LogP contribution in [0.15, 0.2) is 6.07 Å². The number of alkyl halides is 1. The Hall–Kier alpha value is -0.900. The van der Waals surface area contributed by atoms with Crippen molar-refractivity contribution >= 4 is 0 Å². The van der Waals surface area contributed by atoms with Gasteiger partial charge >= 0.3 is 0 Å². The number of nitrogens with one attached hydrogen (secondary N) is 2. The number of H-pyrrole nitrogens is 1. The summed E-state index contributed by atoms with van der Waals surface area (Å²) in [5.74, 6) is 0. The van der Waals surface area contributed by atoms with E-state index >= 15 is 0 Å². The van der Waals surface area contributed by atoms with Gasteiger partial charge in [0.05, 0.1) is 11.7 Å². The van der Waals surface area contributed by atoms with Crippen molar-refractivity contribution in [3.8, 4) is 0 Å². The number of aryl methyl sites for hydroxylation is 1. The summed E-state index contributed by atoms with van der Waals surface area (Å²) in [4.78, 5) is 0. The van der Waals surface area contributed by atoms with E-state index in [4.69, 9.17) is 0 Å². The fraction of sp³-hybridized carbons (Fsp3) is 0.571. The van der Waals surface area contributed by atoms with Crippen LogP contribution in [0.3, 0.4) is 0 Å². The molecule has 0 spiro atoms. The van der Waals surface area contributed by atoms with Gasteiger partial charge in [0.1, 0.15) is 6.67 Å². The molecule has 0 saturated heterocycles. The van der Waals surface area contributed by atoms with E-state index in [2.05, 4.69) is 15.5 Å². The molecule has 1 aromatic heterocycles. The maximum absolute atomic E-state index is 12.2. The standard InChI is InChI=1S/C7H12FN3/c1-5-3-6(11-10-5)7(4-8)9-2/h3,7,9H,4H2,1-2H3,(H,10,11). The molecule has 0 saturated carbocycles. The normalized spacial score (nSPS) is 13.4. The van der Waals surface area contributed by atoms with Gasteiger partial charge in [-0.05, 0) is 20.0 Å². The van der Waals surface area contributed by atoms with E-state index in [-0.39, 0.29) is 6.04 Å². The molecule has 62 valence electrons. The van der Waals surface area contributed by atoms with Crippen LogP contribution in [-0.2, 0) is 0 Å². The number of rotatable bonds is 3. The lowest BCUT2D eigenvalue weighted by atomic mass is 10.2. The zero-order valence-electron chi connectivity index (χ0n) is 6.69. The van der Waals surface area contributed by atoms with Gasteiger partial charge in [-0.2, -0.15) is 5.10 Å². The van der Waals surface area contributed by atoms with Crippen LogP contribution in [0, 0.1) is 6.92 Å². The summed E-state index contributed by atoms with van der Waals surface area (Å²) in [5, 5.41) is 9.52. The third kappa shape index (κ3) is 1.77. The van der Waals surface area contributed by atoms with Crippen molar-refractivity contribution in [3.05, 3.63) is 17.5 Å². The molecule has 0 aliphatic heterocycles. The van der Waals surface area contributed by atoms with E-state index in [9.17, 15) is 4.39 Å². The highest BCUT2D eigenvalue weighted by Crippen LogP contribution is 2.10. The zero-order valence-corrected chi connectivity index (χ0v) is 6.69. The fourth-order valence-electron chi connectivity index (χ4n) is 0.922. The highest BCUT2D eigenvalue weighted by atomic mass is 19.1. The van der Waals surface area contributed by atoms with Crippen molar-refractivity contribution in [2.75, 3.05) is 13.7 Å². The average Bonchev–Trinajstić information content (AvgIpc) is 2.39. The van der Waals surface area contributed by atoms with E-state index in [1.165, 1.54) is 0 Å². The number of aromatic nitrogens is 2. The maximum atomic E-state index is 12.2. The van der Waals surface area contributed by atoms with E-state index in [0.717, 1.165) is 11.4 Å². The molecule has 1 aromatic rings. The Kier molecular flexibility index (Phi) is 2.59. The highest BCUT2D eigenvalue weighted by Gasteiger charge is 2.10. The predicted octanol–water partition coefficient (Wildman–Crippen LogP) is 0.948. The third-order valence-corrected chi connectivity index (χ3v) is 1.59. The summed E-state index contributed by atoms with van der Waals surface area (Å²) in [6.45, 7) is 1.46. The quantitative estimate of drug-likeness (QED) is 0.685. The molecule has 1 atom stereocenters. The number of hydrogen-bond donors (Lipinski definition) is 2. The van der Waals surface area contributed by atoms with Gasteiger partial charge in [0.2, 0.25) is 0 Å². The SMILES string of the molecule is CNC(CF)c1cc(C)[nH]n1. The molecule has 0 bridgehead atoms. The molecular weight excluding hydrogens is 145 g/mol. The first kappa shape index (κ1) is 8.20. The van der Waals surface area contributed by atoms with Crippen molar-refractivity contribution in [2.24, 2.45) is 0 Å². The first-order valence-electron chi connectivity index (χ1n) is 3.53. The Balaban J connectivity index is 2.73. The summed E-state index contributed by atoms with van der Waals surface area (Å²) in [5.41, 5.74) is 1.68. The number of halogens is 1. The number of aromatic amines is 1. The van der Waals surface area contributed by atoms with Gasteiger partial charge in [-0.3, -0.25) is 5.10 Å². The topological polar surface area (TPSA) is 40.7 Å². The Morgan fingerprint density at radius 2 is 2.55 bits per heavy atom. The highest BCUT2D eigenvalue weighted by molar-refractivity contribution is 5.10. The maximum Gasteiger partial charge on any atom is 0.110 e. The molecule has 11 heavy (non-hydrogen) atoms. The monoisotopic (exact) mass is 157 g/mol. The first-order chi connectivity index (χ1) is 5.27. The first-order valence-corrected chi connectivity index (χ1v) is 3.53. The van der Waals surface area contributed by atoms with E-state index in [0.29, 0.717) is 0 Å². The van der Waals surface area contributed by atoms with Gasteiger partial charge < -0.3 is 5.32 Å². The zero-order chi connectivity index (χ0) is 8.27. The second-order valence-corrected chi connectivity index (χ2v) is 2.47. The average molecular weight is 157 g/mol. The molecule has 0 amide bonds. The number of hydrogen-bond acceptors (Lipinski definition) is 2. The van der Waals surface area contributed by atoms with Gasteiger partial charge in [-0.15, -0.1) is 0 Å². The van der Waals surface area contributed by atoms with Crippen LogP contribution in [0.5, 0.6) is 0 Å². The summed E-state index contributed by atoms with van der Waals surface area (Å²) in [6.07, 6.45) is 0. The van der Waals surface area contributed by atoms with Crippen molar-refractivity contribution < 1.29 is 4.39 Å². The van der Waals surface area contributed by atoms with Crippen LogP contribution in [0.2, 0.25) is 0 Å². The van der Waals surface area contributed by atoms with Crippen LogP contribution in [0.1, 0.15) is 17.4 Å². The summed E-state index contributed by atoms with van der Waals surface area (Å²) < 4.78 is 12.2. The lowest BCUT2D eigenvalue weighted by molar-refractivity contribution is 0.394. The van der Waals surface area contributed by atoms with Crippen molar-refractivity contribution in [2.45, 2.75) is 13.0 Å². The molecule has 0 radical (unpaired) electrons. The van der Waals surface area contributed by atoms with Crippen molar-refractivity contribution in [1.82, 2.24) is 15.5 Å². The Morgan fingerprint density at radius 1 is 1.82 bits per heavy atom. The Morgan fingerprint density at radius 3 is 2.91 bits per heavy atom. The van der Waals surface area contributed by atoms with Gasteiger partial charge in [-0.25, -0.2) is 4.39 Å². The van der Waals surface area contributed by atoms with Crippen LogP contribution in [-0.4, -0.2) is 23.9 Å². The molecule has 0 aliphatic rings.